The normalized spacial score (nSPS) is 20.8. The van der Waals surface area contributed by atoms with Crippen LogP contribution in [0.5, 0.6) is 0 Å². The van der Waals surface area contributed by atoms with Crippen molar-refractivity contribution < 1.29 is 9.53 Å². The number of carbonyl (C=O) groups excluding carboxylic acids is 1. The van der Waals surface area contributed by atoms with Crippen LogP contribution in [0.1, 0.15) is 28.9 Å². The summed E-state index contributed by atoms with van der Waals surface area (Å²) in [4.78, 5) is 31.6. The van der Waals surface area contributed by atoms with Gasteiger partial charge in [-0.25, -0.2) is 4.79 Å². The van der Waals surface area contributed by atoms with Crippen LogP contribution < -0.4 is 5.69 Å². The van der Waals surface area contributed by atoms with Crippen molar-refractivity contribution in [2.75, 3.05) is 13.2 Å². The van der Waals surface area contributed by atoms with Crippen LogP contribution in [-0.4, -0.2) is 40.0 Å². The summed E-state index contributed by atoms with van der Waals surface area (Å²) in [6.07, 6.45) is -0.128. The third-order valence-corrected chi connectivity index (χ3v) is 4.63. The second kappa shape index (κ2) is 6.22. The smallest absolute Gasteiger partial charge is 0.323 e. The summed E-state index contributed by atoms with van der Waals surface area (Å²) >= 11 is 0. The monoisotopic (exact) mass is 337 g/mol. The van der Waals surface area contributed by atoms with Crippen LogP contribution in [0, 0.1) is 0 Å². The highest BCUT2D eigenvalue weighted by molar-refractivity contribution is 5.97. The number of morpholine rings is 1. The molecule has 2 N–H and O–H groups in total. The third kappa shape index (κ3) is 2.96. The summed E-state index contributed by atoms with van der Waals surface area (Å²) in [5.74, 6) is -0.0549. The Morgan fingerprint density at radius 1 is 1.12 bits per heavy atom. The van der Waals surface area contributed by atoms with Gasteiger partial charge in [-0.1, -0.05) is 30.3 Å². The summed E-state index contributed by atoms with van der Waals surface area (Å²) in [5, 5.41) is 0. The summed E-state index contributed by atoms with van der Waals surface area (Å²) in [7, 11) is 0. The molecule has 1 saturated heterocycles. The van der Waals surface area contributed by atoms with Crippen LogP contribution in [-0.2, 0) is 4.74 Å². The van der Waals surface area contributed by atoms with Gasteiger partial charge in [0, 0.05) is 5.56 Å². The molecule has 6 heteroatoms. The zero-order chi connectivity index (χ0) is 17.4. The fourth-order valence-corrected chi connectivity index (χ4v) is 3.24. The predicted octanol–water partition coefficient (Wildman–Crippen LogP) is 2.46. The Morgan fingerprint density at radius 3 is 2.68 bits per heavy atom. The quantitative estimate of drug-likeness (QED) is 0.754. The van der Waals surface area contributed by atoms with Crippen molar-refractivity contribution in [3.8, 4) is 0 Å². The van der Waals surface area contributed by atoms with Gasteiger partial charge in [-0.3, -0.25) is 4.79 Å². The van der Waals surface area contributed by atoms with Gasteiger partial charge in [0.2, 0.25) is 0 Å². The minimum atomic E-state index is -0.275. The average Bonchev–Trinajstić information content (AvgIpc) is 3.01. The topological polar surface area (TPSA) is 78.2 Å². The maximum atomic E-state index is 13.0. The van der Waals surface area contributed by atoms with Crippen LogP contribution in [0.3, 0.4) is 0 Å². The van der Waals surface area contributed by atoms with Gasteiger partial charge in [0.25, 0.3) is 5.91 Å². The molecule has 1 aromatic heterocycles. The van der Waals surface area contributed by atoms with Gasteiger partial charge >= 0.3 is 5.69 Å². The fraction of sp³-hybridized carbons (Fsp3) is 0.263. The molecule has 0 spiro atoms. The number of ether oxygens (including phenoxy) is 1. The van der Waals surface area contributed by atoms with E-state index < -0.39 is 0 Å². The Labute approximate surface area is 144 Å². The molecule has 0 unspecified atom stereocenters. The molecule has 0 bridgehead atoms. The molecule has 0 aliphatic carbocycles. The van der Waals surface area contributed by atoms with Gasteiger partial charge in [-0.2, -0.15) is 0 Å². The van der Waals surface area contributed by atoms with Crippen molar-refractivity contribution >= 4 is 16.9 Å². The number of rotatable bonds is 2. The first-order chi connectivity index (χ1) is 12.1. The van der Waals surface area contributed by atoms with Gasteiger partial charge < -0.3 is 19.6 Å². The molecule has 3 aromatic rings. The largest absolute Gasteiger partial charge is 0.370 e. The van der Waals surface area contributed by atoms with Crippen LogP contribution in [0.15, 0.2) is 53.3 Å². The van der Waals surface area contributed by atoms with Gasteiger partial charge in [-0.05, 0) is 30.7 Å². The molecule has 128 valence electrons. The van der Waals surface area contributed by atoms with Crippen molar-refractivity contribution in [1.29, 1.82) is 0 Å². The number of hydrogen-bond donors (Lipinski definition) is 2. The number of imidazole rings is 1. The summed E-state index contributed by atoms with van der Waals surface area (Å²) in [6, 6.07) is 15.1. The van der Waals surface area contributed by atoms with E-state index >= 15 is 0 Å². The first-order valence-corrected chi connectivity index (χ1v) is 8.31. The van der Waals surface area contributed by atoms with E-state index in [9.17, 15) is 9.59 Å². The molecule has 0 saturated carbocycles. The minimum Gasteiger partial charge on any atom is -0.370 e. The van der Waals surface area contributed by atoms with Crippen molar-refractivity contribution in [2.45, 2.75) is 19.1 Å². The molecule has 1 aliphatic heterocycles. The number of carbonyl (C=O) groups is 1. The number of H-pyrrole nitrogens is 2. The van der Waals surface area contributed by atoms with Gasteiger partial charge in [-0.15, -0.1) is 0 Å². The highest BCUT2D eigenvalue weighted by Gasteiger charge is 2.31. The van der Waals surface area contributed by atoms with E-state index in [4.69, 9.17) is 4.74 Å². The van der Waals surface area contributed by atoms with Crippen LogP contribution in [0.2, 0.25) is 0 Å². The van der Waals surface area contributed by atoms with Crippen molar-refractivity contribution in [1.82, 2.24) is 14.9 Å². The zero-order valence-corrected chi connectivity index (χ0v) is 13.9. The number of aromatic amines is 2. The number of nitrogens with zero attached hydrogens (tertiary/aromatic N) is 1. The molecule has 2 atom stereocenters. The van der Waals surface area contributed by atoms with E-state index in [1.54, 1.807) is 18.2 Å². The van der Waals surface area contributed by atoms with Crippen molar-refractivity contribution in [3.05, 3.63) is 70.1 Å². The Bertz CT molecular complexity index is 961. The summed E-state index contributed by atoms with van der Waals surface area (Å²) in [6.45, 7) is 2.98. The molecule has 2 heterocycles. The molecule has 4 rings (SSSR count). The molecule has 1 aliphatic rings. The highest BCUT2D eigenvalue weighted by Crippen LogP contribution is 2.26. The highest BCUT2D eigenvalue weighted by atomic mass is 16.5. The summed E-state index contributed by atoms with van der Waals surface area (Å²) in [5.41, 5.74) is 2.68. The molecule has 6 nitrogen and oxygen atoms in total. The first-order valence-electron chi connectivity index (χ1n) is 8.31. The van der Waals surface area contributed by atoms with E-state index in [-0.39, 0.29) is 23.7 Å². The second-order valence-corrected chi connectivity index (χ2v) is 6.38. The molecule has 2 aromatic carbocycles. The average molecular weight is 337 g/mol. The van der Waals surface area contributed by atoms with Crippen LogP contribution >= 0.6 is 0 Å². The fourth-order valence-electron chi connectivity index (χ4n) is 3.24. The molecule has 1 fully saturated rings. The number of nitrogens with one attached hydrogen (secondary N) is 2. The Kier molecular flexibility index (Phi) is 3.89. The third-order valence-electron chi connectivity index (χ3n) is 4.63. The Balaban J connectivity index is 1.61. The lowest BCUT2D eigenvalue weighted by molar-refractivity contribution is -0.0486. The van der Waals surface area contributed by atoms with Crippen molar-refractivity contribution in [2.24, 2.45) is 0 Å². The molecule has 1 amide bonds. The number of benzene rings is 2. The van der Waals surface area contributed by atoms with E-state index in [2.05, 4.69) is 9.97 Å². The standard InChI is InChI=1S/C19H19N3O3/c1-12-11-25-17(13-5-3-2-4-6-13)10-22(12)18(23)14-7-8-15-16(9-14)21-19(24)20-15/h2-9,12,17H,10-11H2,1H3,(H2,20,21,24)/t12-,17-/m1/s1. The lowest BCUT2D eigenvalue weighted by Gasteiger charge is -2.38. The van der Waals surface area contributed by atoms with E-state index in [1.807, 2.05) is 42.2 Å². The number of aromatic nitrogens is 2. The lowest BCUT2D eigenvalue weighted by Crippen LogP contribution is -2.48. The predicted molar refractivity (Wildman–Crippen MR) is 94.6 cm³/mol. The van der Waals surface area contributed by atoms with E-state index in [0.717, 1.165) is 5.56 Å². The minimum absolute atomic E-state index is 0.00608. The zero-order valence-electron chi connectivity index (χ0n) is 13.9. The Morgan fingerprint density at radius 2 is 1.88 bits per heavy atom. The van der Waals surface area contributed by atoms with Crippen molar-refractivity contribution in [3.63, 3.8) is 0 Å². The molecular formula is C19H19N3O3. The van der Waals surface area contributed by atoms with Crippen LogP contribution in [0.4, 0.5) is 0 Å². The van der Waals surface area contributed by atoms with Gasteiger partial charge in [0.1, 0.15) is 6.10 Å². The summed E-state index contributed by atoms with van der Waals surface area (Å²) < 4.78 is 5.92. The second-order valence-electron chi connectivity index (χ2n) is 6.38. The van der Waals surface area contributed by atoms with E-state index in [0.29, 0.717) is 29.7 Å². The molecule has 25 heavy (non-hydrogen) atoms. The first kappa shape index (κ1) is 15.7. The number of hydrogen-bond acceptors (Lipinski definition) is 3. The molecular weight excluding hydrogens is 318 g/mol. The maximum Gasteiger partial charge on any atom is 0.323 e. The maximum absolute atomic E-state index is 13.0. The van der Waals surface area contributed by atoms with E-state index in [1.165, 1.54) is 0 Å². The number of amides is 1. The number of fused-ring (bicyclic) bond motifs is 1. The lowest BCUT2D eigenvalue weighted by atomic mass is 10.0. The Hall–Kier alpha value is -2.86. The van der Waals surface area contributed by atoms with Gasteiger partial charge in [0.15, 0.2) is 0 Å². The van der Waals surface area contributed by atoms with Crippen LogP contribution in [0.25, 0.3) is 11.0 Å². The molecule has 0 radical (unpaired) electrons. The van der Waals surface area contributed by atoms with Gasteiger partial charge in [0.05, 0.1) is 30.2 Å². The SMILES string of the molecule is C[C@@H]1CO[C@@H](c2ccccc2)CN1C(=O)c1ccc2[nH]c(=O)[nH]c2c1.